The van der Waals surface area contributed by atoms with E-state index in [1.165, 1.54) is 11.8 Å². The smallest absolute Gasteiger partial charge is 0.152 e. The Morgan fingerprint density at radius 2 is 2.14 bits per heavy atom. The minimum Gasteiger partial charge on any atom is -0.390 e. The Kier molecular flexibility index (Phi) is 5.90. The van der Waals surface area contributed by atoms with Crippen molar-refractivity contribution in [2.45, 2.75) is 35.4 Å². The van der Waals surface area contributed by atoms with E-state index in [-0.39, 0.29) is 29.5 Å². The zero-order valence-electron chi connectivity index (χ0n) is 15.8. The van der Waals surface area contributed by atoms with Gasteiger partial charge in [-0.3, -0.25) is 0 Å². The molecule has 152 valence electrons. The molecule has 8 nitrogen and oxygen atoms in total. The summed E-state index contributed by atoms with van der Waals surface area (Å²) in [5.41, 5.74) is 12.8. The molecule has 0 bridgehead atoms. The summed E-state index contributed by atoms with van der Waals surface area (Å²) in [7, 11) is 6.19. The lowest BCUT2D eigenvalue weighted by Crippen LogP contribution is -2.49. The van der Waals surface area contributed by atoms with E-state index in [2.05, 4.69) is 19.9 Å². The fourth-order valence-corrected chi connectivity index (χ4v) is 4.93. The minimum absolute atomic E-state index is 0.0304. The number of aromatic nitrogens is 3. The van der Waals surface area contributed by atoms with E-state index in [0.717, 1.165) is 25.9 Å². The molecular weight excluding hydrogens is 411 g/mol. The second-order valence-corrected chi connectivity index (χ2v) is 8.83. The predicted octanol–water partition coefficient (Wildman–Crippen LogP) is 0.489. The first-order valence-corrected chi connectivity index (χ1v) is 10.6. The van der Waals surface area contributed by atoms with Crippen LogP contribution in [0, 0.1) is 5.41 Å². The number of aliphatic hydroxyl groups excluding tert-OH is 1. The average molecular weight is 433 g/mol. The molecule has 1 atom stereocenters. The highest BCUT2D eigenvalue weighted by Gasteiger charge is 2.44. The fraction of sp³-hybridized carbons (Fsp3) is 0.500. The molecule has 2 saturated heterocycles. The van der Waals surface area contributed by atoms with E-state index in [1.807, 2.05) is 0 Å². The van der Waals surface area contributed by atoms with Crippen LogP contribution in [0.25, 0.3) is 0 Å². The predicted molar refractivity (Wildman–Crippen MR) is 114 cm³/mol. The van der Waals surface area contributed by atoms with E-state index in [1.54, 1.807) is 12.3 Å². The summed E-state index contributed by atoms with van der Waals surface area (Å²) in [6.45, 7) is 2.60. The van der Waals surface area contributed by atoms with Crippen LogP contribution in [0.1, 0.15) is 18.5 Å². The van der Waals surface area contributed by atoms with Crippen molar-refractivity contribution in [3.8, 4) is 0 Å². The number of pyridine rings is 1. The van der Waals surface area contributed by atoms with Crippen LogP contribution >= 0.6 is 23.4 Å². The van der Waals surface area contributed by atoms with Gasteiger partial charge in [0.05, 0.1) is 24.8 Å². The number of aliphatic hydroxyl groups is 1. The molecule has 0 aliphatic carbocycles. The number of nitrogens with zero attached hydrogens (tertiary/aromatic N) is 4. The Labute approximate surface area is 179 Å². The van der Waals surface area contributed by atoms with Gasteiger partial charge in [-0.1, -0.05) is 23.4 Å². The van der Waals surface area contributed by atoms with Gasteiger partial charge >= 0.3 is 0 Å². The van der Waals surface area contributed by atoms with Gasteiger partial charge in [0.1, 0.15) is 24.4 Å². The lowest BCUT2D eigenvalue weighted by atomic mass is 9.75. The fourth-order valence-electron chi connectivity index (χ4n) is 3.87. The highest BCUT2D eigenvalue weighted by molar-refractivity contribution is 7.99. The number of hydrogen-bond donors (Lipinski definition) is 3. The Morgan fingerprint density at radius 1 is 1.38 bits per heavy atom. The van der Waals surface area contributed by atoms with Gasteiger partial charge in [-0.25, -0.2) is 15.0 Å². The minimum atomic E-state index is -0.243. The molecule has 2 aromatic heterocycles. The Morgan fingerprint density at radius 3 is 2.79 bits per heavy atom. The van der Waals surface area contributed by atoms with E-state index in [0.29, 0.717) is 39.7 Å². The summed E-state index contributed by atoms with van der Waals surface area (Å²) in [5, 5.41) is 10.7. The first-order chi connectivity index (χ1) is 13.9. The van der Waals surface area contributed by atoms with Crippen molar-refractivity contribution in [2.24, 2.45) is 11.1 Å². The quantitative estimate of drug-likeness (QED) is 0.592. The van der Waals surface area contributed by atoms with E-state index in [9.17, 15) is 5.11 Å². The van der Waals surface area contributed by atoms with Gasteiger partial charge in [0.2, 0.25) is 0 Å². The Bertz CT molecular complexity index is 912. The van der Waals surface area contributed by atoms with Crippen LogP contribution < -0.4 is 22.0 Å². The molecule has 2 radical (unpaired) electrons. The number of hydrogen-bond acceptors (Lipinski definition) is 9. The number of nitrogens with two attached hydrogens (primary N) is 2. The molecule has 2 aliphatic rings. The monoisotopic (exact) mass is 432 g/mol. The lowest BCUT2D eigenvalue weighted by molar-refractivity contribution is 0.131. The molecule has 11 heteroatoms. The summed E-state index contributed by atoms with van der Waals surface area (Å²) in [4.78, 5) is 15.8. The van der Waals surface area contributed by atoms with Crippen molar-refractivity contribution in [1.29, 1.82) is 0 Å². The highest BCUT2D eigenvalue weighted by atomic mass is 35.5. The van der Waals surface area contributed by atoms with Gasteiger partial charge in [-0.05, 0) is 18.9 Å². The van der Waals surface area contributed by atoms with Gasteiger partial charge in [-0.2, -0.15) is 0 Å². The number of halogens is 1. The second kappa shape index (κ2) is 8.27. The third-order valence-electron chi connectivity index (χ3n) is 5.71. The molecule has 2 fully saturated rings. The van der Waals surface area contributed by atoms with Crippen LogP contribution in [0.3, 0.4) is 0 Å². The Hall–Kier alpha value is -1.59. The van der Waals surface area contributed by atoms with Crippen molar-refractivity contribution < 1.29 is 9.84 Å². The second-order valence-electron chi connectivity index (χ2n) is 7.42. The molecule has 0 unspecified atom stereocenters. The summed E-state index contributed by atoms with van der Waals surface area (Å²) < 4.78 is 5.59. The van der Waals surface area contributed by atoms with Crippen LogP contribution in [0.5, 0.6) is 0 Å². The summed E-state index contributed by atoms with van der Waals surface area (Å²) in [6.07, 6.45) is 3.38. The number of nitrogen functional groups attached to an aromatic ring is 1. The van der Waals surface area contributed by atoms with E-state index >= 15 is 0 Å². The van der Waals surface area contributed by atoms with Gasteiger partial charge in [0.25, 0.3) is 0 Å². The van der Waals surface area contributed by atoms with Crippen molar-refractivity contribution in [1.82, 2.24) is 15.0 Å². The molecule has 2 aromatic rings. The van der Waals surface area contributed by atoms with Gasteiger partial charge in [0, 0.05) is 41.2 Å². The summed E-state index contributed by atoms with van der Waals surface area (Å²) >= 11 is 7.46. The molecule has 29 heavy (non-hydrogen) atoms. The molecule has 4 heterocycles. The normalized spacial score (nSPS) is 21.1. The Balaban J connectivity index is 1.56. The van der Waals surface area contributed by atoms with Crippen LogP contribution in [-0.2, 0) is 11.3 Å². The number of anilines is 2. The van der Waals surface area contributed by atoms with Crippen LogP contribution in [0.4, 0.5) is 11.6 Å². The maximum absolute atomic E-state index is 9.90. The standard InChI is InChI=1S/C18H22BClN6O2S/c19-14-17(29-11-1-4-23-15(22)13(11)20)24-10(7-27)16(25-14)26-5-2-18(3-6-26)9-28-8-12(18)21/h1,4,12,27H,2-3,5-9,21H2,(H2,22,23)/t12-/m1/s1. The molecule has 2 aliphatic heterocycles. The zero-order chi connectivity index (χ0) is 20.6. The van der Waals surface area contributed by atoms with Crippen molar-refractivity contribution in [3.63, 3.8) is 0 Å². The van der Waals surface area contributed by atoms with Gasteiger partial charge < -0.3 is 26.2 Å². The number of piperidine rings is 1. The average Bonchev–Trinajstić information content (AvgIpc) is 3.07. The van der Waals surface area contributed by atoms with Crippen LogP contribution in [0.15, 0.2) is 22.2 Å². The van der Waals surface area contributed by atoms with Crippen molar-refractivity contribution in [2.75, 3.05) is 36.9 Å². The van der Waals surface area contributed by atoms with E-state index < -0.39 is 0 Å². The highest BCUT2D eigenvalue weighted by Crippen LogP contribution is 2.40. The summed E-state index contributed by atoms with van der Waals surface area (Å²) in [5.74, 6) is 0.843. The summed E-state index contributed by atoms with van der Waals surface area (Å²) in [6, 6.07) is 1.79. The number of ether oxygens (including phenoxy) is 1. The molecule has 0 amide bonds. The molecule has 4 rings (SSSR count). The SMILES string of the molecule is [B]c1nc(N2CCC3(CC2)COC[C@H]3N)c(CO)nc1Sc1ccnc(N)c1Cl. The topological polar surface area (TPSA) is 123 Å². The third kappa shape index (κ3) is 3.92. The third-order valence-corrected chi connectivity index (χ3v) is 7.27. The van der Waals surface area contributed by atoms with Crippen LogP contribution in [0.2, 0.25) is 5.02 Å². The molecule has 1 spiro atoms. The molecule has 0 aromatic carbocycles. The molecule has 5 N–H and O–H groups in total. The maximum atomic E-state index is 9.90. The first-order valence-electron chi connectivity index (χ1n) is 9.37. The van der Waals surface area contributed by atoms with Crippen LogP contribution in [-0.4, -0.2) is 60.2 Å². The molecule has 0 saturated carbocycles. The first kappa shape index (κ1) is 20.7. The van der Waals surface area contributed by atoms with E-state index in [4.69, 9.17) is 35.7 Å². The molecular formula is C18H22BClN6O2S. The number of rotatable bonds is 4. The van der Waals surface area contributed by atoms with Crippen molar-refractivity contribution in [3.05, 3.63) is 23.0 Å². The maximum Gasteiger partial charge on any atom is 0.152 e. The van der Waals surface area contributed by atoms with Gasteiger partial charge in [0.15, 0.2) is 5.82 Å². The van der Waals surface area contributed by atoms with Gasteiger partial charge in [-0.15, -0.1) is 0 Å². The van der Waals surface area contributed by atoms with Crippen molar-refractivity contribution >= 4 is 48.4 Å². The largest absolute Gasteiger partial charge is 0.390 e. The lowest BCUT2D eigenvalue weighted by Gasteiger charge is -2.41. The zero-order valence-corrected chi connectivity index (χ0v) is 17.4.